The van der Waals surface area contributed by atoms with Gasteiger partial charge in [-0.05, 0) is 39.2 Å². The number of methoxy groups -OCH3 is 1. The van der Waals surface area contributed by atoms with Gasteiger partial charge in [-0.3, -0.25) is 4.79 Å². The monoisotopic (exact) mass is 332 g/mol. The summed E-state index contributed by atoms with van der Waals surface area (Å²) in [6.07, 6.45) is 1.69. The Morgan fingerprint density at radius 3 is 2.96 bits per heavy atom. The quantitative estimate of drug-likeness (QED) is 0.705. The lowest BCUT2D eigenvalue weighted by Gasteiger charge is -2.09. The van der Waals surface area contributed by atoms with Gasteiger partial charge < -0.3 is 19.5 Å². The second kappa shape index (κ2) is 9.02. The van der Waals surface area contributed by atoms with Crippen LogP contribution in [0.25, 0.3) is 11.4 Å². The van der Waals surface area contributed by atoms with E-state index in [1.54, 1.807) is 7.11 Å². The Morgan fingerprint density at radius 1 is 1.38 bits per heavy atom. The largest absolute Gasteiger partial charge is 0.497 e. The third-order valence-corrected chi connectivity index (χ3v) is 3.47. The SMILES string of the molecule is COc1cccc(-c2noc(CCC(=O)NCCCN(C)C)n2)c1. The van der Waals surface area contributed by atoms with Crippen LogP contribution in [-0.2, 0) is 11.2 Å². The second-order valence-electron chi connectivity index (χ2n) is 5.75. The molecule has 0 aliphatic carbocycles. The number of ether oxygens (including phenoxy) is 1. The van der Waals surface area contributed by atoms with E-state index >= 15 is 0 Å². The highest BCUT2D eigenvalue weighted by Gasteiger charge is 2.11. The summed E-state index contributed by atoms with van der Waals surface area (Å²) < 4.78 is 10.4. The van der Waals surface area contributed by atoms with Crippen LogP contribution in [0.4, 0.5) is 0 Å². The molecule has 24 heavy (non-hydrogen) atoms. The van der Waals surface area contributed by atoms with Crippen molar-refractivity contribution in [1.82, 2.24) is 20.4 Å². The molecule has 1 aromatic carbocycles. The van der Waals surface area contributed by atoms with Gasteiger partial charge in [-0.1, -0.05) is 17.3 Å². The molecule has 0 aliphatic rings. The summed E-state index contributed by atoms with van der Waals surface area (Å²) in [5.74, 6) is 1.68. The van der Waals surface area contributed by atoms with Crippen LogP contribution in [0.1, 0.15) is 18.7 Å². The summed E-state index contributed by atoms with van der Waals surface area (Å²) in [5.41, 5.74) is 0.817. The maximum Gasteiger partial charge on any atom is 0.227 e. The molecule has 0 saturated heterocycles. The van der Waals surface area contributed by atoms with Crippen LogP contribution in [0.5, 0.6) is 5.75 Å². The zero-order valence-corrected chi connectivity index (χ0v) is 14.4. The van der Waals surface area contributed by atoms with Crippen LogP contribution in [0, 0.1) is 0 Å². The highest BCUT2D eigenvalue weighted by molar-refractivity contribution is 5.76. The molecule has 0 bridgehead atoms. The highest BCUT2D eigenvalue weighted by Crippen LogP contribution is 2.21. The van der Waals surface area contributed by atoms with Crippen LogP contribution in [0.2, 0.25) is 0 Å². The average molecular weight is 332 g/mol. The normalized spacial score (nSPS) is 10.8. The van der Waals surface area contributed by atoms with Crippen LogP contribution in [0.3, 0.4) is 0 Å². The van der Waals surface area contributed by atoms with Crippen molar-refractivity contribution in [3.8, 4) is 17.1 Å². The molecule has 0 unspecified atom stereocenters. The topological polar surface area (TPSA) is 80.5 Å². The third kappa shape index (κ3) is 5.66. The van der Waals surface area contributed by atoms with Gasteiger partial charge in [-0.25, -0.2) is 0 Å². The number of amides is 1. The standard InChI is InChI=1S/C17H24N4O3/c1-21(2)11-5-10-18-15(22)8-9-16-19-17(20-24-16)13-6-4-7-14(12-13)23-3/h4,6-7,12H,5,8-11H2,1-3H3,(H,18,22). The molecule has 7 heteroatoms. The van der Waals surface area contributed by atoms with E-state index in [1.807, 2.05) is 38.4 Å². The number of rotatable bonds is 9. The van der Waals surface area contributed by atoms with Crippen LogP contribution in [0.15, 0.2) is 28.8 Å². The number of benzene rings is 1. The van der Waals surface area contributed by atoms with E-state index in [1.165, 1.54) is 0 Å². The summed E-state index contributed by atoms with van der Waals surface area (Å²) in [5, 5.41) is 6.85. The fraction of sp³-hybridized carbons (Fsp3) is 0.471. The summed E-state index contributed by atoms with van der Waals surface area (Å²) in [4.78, 5) is 18.2. The lowest BCUT2D eigenvalue weighted by molar-refractivity contribution is -0.121. The van der Waals surface area contributed by atoms with Crippen LogP contribution in [-0.4, -0.2) is 55.2 Å². The first-order valence-electron chi connectivity index (χ1n) is 7.97. The molecular formula is C17H24N4O3. The van der Waals surface area contributed by atoms with Crippen LogP contribution < -0.4 is 10.1 Å². The summed E-state index contributed by atoms with van der Waals surface area (Å²) >= 11 is 0. The van der Waals surface area contributed by atoms with Crippen molar-refractivity contribution < 1.29 is 14.1 Å². The van der Waals surface area contributed by atoms with Crippen molar-refractivity contribution >= 4 is 5.91 Å². The van der Waals surface area contributed by atoms with Crippen molar-refractivity contribution in [2.24, 2.45) is 0 Å². The molecule has 0 atom stereocenters. The van der Waals surface area contributed by atoms with E-state index in [-0.39, 0.29) is 5.91 Å². The maximum atomic E-state index is 11.8. The molecule has 0 fully saturated rings. The van der Waals surface area contributed by atoms with E-state index in [0.717, 1.165) is 24.3 Å². The second-order valence-corrected chi connectivity index (χ2v) is 5.75. The molecule has 0 saturated carbocycles. The van der Waals surface area contributed by atoms with Crippen LogP contribution >= 0.6 is 0 Å². The van der Waals surface area contributed by atoms with E-state index in [4.69, 9.17) is 9.26 Å². The first kappa shape index (κ1) is 17.9. The molecule has 0 radical (unpaired) electrons. The molecule has 2 rings (SSSR count). The molecule has 1 amide bonds. The van der Waals surface area contributed by atoms with E-state index in [0.29, 0.717) is 31.1 Å². The summed E-state index contributed by atoms with van der Waals surface area (Å²) in [6, 6.07) is 7.44. The Labute approximate surface area is 142 Å². The summed E-state index contributed by atoms with van der Waals surface area (Å²) in [7, 11) is 5.63. The van der Waals surface area contributed by atoms with Gasteiger partial charge in [0.15, 0.2) is 0 Å². The number of carbonyl (C=O) groups is 1. The van der Waals surface area contributed by atoms with E-state index in [9.17, 15) is 4.79 Å². The molecule has 0 aliphatic heterocycles. The van der Waals surface area contributed by atoms with E-state index < -0.39 is 0 Å². The Bertz CT molecular complexity index is 655. The van der Waals surface area contributed by atoms with Gasteiger partial charge in [-0.2, -0.15) is 4.98 Å². The Balaban J connectivity index is 1.80. The van der Waals surface area contributed by atoms with Gasteiger partial charge in [0.1, 0.15) is 5.75 Å². The number of hydrogen-bond donors (Lipinski definition) is 1. The number of aromatic nitrogens is 2. The first-order valence-corrected chi connectivity index (χ1v) is 7.97. The van der Waals surface area contributed by atoms with Gasteiger partial charge in [-0.15, -0.1) is 0 Å². The minimum absolute atomic E-state index is 0.00473. The molecule has 2 aromatic rings. The van der Waals surface area contributed by atoms with Crippen molar-refractivity contribution in [3.05, 3.63) is 30.2 Å². The van der Waals surface area contributed by atoms with E-state index in [2.05, 4.69) is 20.4 Å². The summed E-state index contributed by atoms with van der Waals surface area (Å²) in [6.45, 7) is 1.63. The van der Waals surface area contributed by atoms with Gasteiger partial charge in [0.05, 0.1) is 7.11 Å². The third-order valence-electron chi connectivity index (χ3n) is 3.47. The highest BCUT2D eigenvalue weighted by atomic mass is 16.5. The number of nitrogens with zero attached hydrogens (tertiary/aromatic N) is 3. The molecule has 1 heterocycles. The zero-order valence-electron chi connectivity index (χ0n) is 14.4. The van der Waals surface area contributed by atoms with Gasteiger partial charge in [0.25, 0.3) is 0 Å². The van der Waals surface area contributed by atoms with Gasteiger partial charge >= 0.3 is 0 Å². The number of hydrogen-bond acceptors (Lipinski definition) is 6. The van der Waals surface area contributed by atoms with Gasteiger partial charge in [0.2, 0.25) is 17.6 Å². The fourth-order valence-electron chi connectivity index (χ4n) is 2.17. The zero-order chi connectivity index (χ0) is 17.4. The first-order chi connectivity index (χ1) is 11.6. The smallest absolute Gasteiger partial charge is 0.227 e. The minimum atomic E-state index is -0.00473. The molecule has 7 nitrogen and oxygen atoms in total. The van der Waals surface area contributed by atoms with Crippen molar-refractivity contribution in [3.63, 3.8) is 0 Å². The molecule has 0 spiro atoms. The Hall–Kier alpha value is -2.41. The molecule has 1 aromatic heterocycles. The Morgan fingerprint density at radius 2 is 2.21 bits per heavy atom. The lowest BCUT2D eigenvalue weighted by Crippen LogP contribution is -2.27. The fourth-order valence-corrected chi connectivity index (χ4v) is 2.17. The number of aryl methyl sites for hydroxylation is 1. The van der Waals surface area contributed by atoms with Gasteiger partial charge in [0, 0.05) is 24.9 Å². The predicted molar refractivity (Wildman–Crippen MR) is 90.8 cm³/mol. The van der Waals surface area contributed by atoms with Crippen molar-refractivity contribution in [2.75, 3.05) is 34.3 Å². The maximum absolute atomic E-state index is 11.8. The van der Waals surface area contributed by atoms with Crippen molar-refractivity contribution in [1.29, 1.82) is 0 Å². The average Bonchev–Trinajstić information content (AvgIpc) is 3.06. The molecular weight excluding hydrogens is 308 g/mol. The van der Waals surface area contributed by atoms with Crippen molar-refractivity contribution in [2.45, 2.75) is 19.3 Å². The Kier molecular flexibility index (Phi) is 6.74. The molecule has 1 N–H and O–H groups in total. The minimum Gasteiger partial charge on any atom is -0.497 e. The lowest BCUT2D eigenvalue weighted by atomic mass is 10.2. The molecule has 130 valence electrons. The predicted octanol–water partition coefficient (Wildman–Crippen LogP) is 1.75. The number of carbonyl (C=O) groups excluding carboxylic acids is 1. The number of nitrogens with one attached hydrogen (secondary N) is 1.